The minimum Gasteiger partial charge on any atom is -0.298 e. The highest BCUT2D eigenvalue weighted by Gasteiger charge is 2.20. The highest BCUT2D eigenvalue weighted by Crippen LogP contribution is 2.31. The Hall–Kier alpha value is -2.49. The lowest BCUT2D eigenvalue weighted by Crippen LogP contribution is -2.11. The summed E-state index contributed by atoms with van der Waals surface area (Å²) in [4.78, 5) is 9.41. The highest BCUT2D eigenvalue weighted by molar-refractivity contribution is 6.04. The SMILES string of the molecule is CC(C)(C)Cc1nc2c(F)cccc2c2nc3ccccn3c12. The van der Waals surface area contributed by atoms with E-state index in [-0.39, 0.29) is 11.2 Å². The number of pyridine rings is 2. The molecule has 0 aliphatic heterocycles. The van der Waals surface area contributed by atoms with Crippen molar-refractivity contribution in [2.75, 3.05) is 0 Å². The van der Waals surface area contributed by atoms with Gasteiger partial charge in [0.2, 0.25) is 0 Å². The van der Waals surface area contributed by atoms with E-state index in [2.05, 4.69) is 25.8 Å². The van der Waals surface area contributed by atoms with E-state index in [4.69, 9.17) is 4.98 Å². The van der Waals surface area contributed by atoms with Gasteiger partial charge in [-0.1, -0.05) is 39.0 Å². The Morgan fingerprint density at radius 1 is 1.00 bits per heavy atom. The van der Waals surface area contributed by atoms with Crippen LogP contribution in [0.5, 0.6) is 0 Å². The number of aromatic nitrogens is 3. The number of fused-ring (bicyclic) bond motifs is 5. The smallest absolute Gasteiger partial charge is 0.149 e. The number of benzene rings is 1. The summed E-state index contributed by atoms with van der Waals surface area (Å²) in [7, 11) is 0. The average Bonchev–Trinajstić information content (AvgIpc) is 2.87. The van der Waals surface area contributed by atoms with E-state index in [9.17, 15) is 4.39 Å². The van der Waals surface area contributed by atoms with Crippen LogP contribution in [0.3, 0.4) is 0 Å². The van der Waals surface area contributed by atoms with Gasteiger partial charge in [-0.2, -0.15) is 0 Å². The van der Waals surface area contributed by atoms with Crippen LogP contribution < -0.4 is 0 Å². The molecule has 116 valence electrons. The molecule has 0 atom stereocenters. The summed E-state index contributed by atoms with van der Waals surface area (Å²) in [6.07, 6.45) is 2.75. The Labute approximate surface area is 133 Å². The fraction of sp³-hybridized carbons (Fsp3) is 0.263. The third-order valence-corrected chi connectivity index (χ3v) is 3.99. The lowest BCUT2D eigenvalue weighted by atomic mass is 9.89. The van der Waals surface area contributed by atoms with Crippen LogP contribution in [0.1, 0.15) is 26.5 Å². The van der Waals surface area contributed by atoms with Crippen LogP contribution >= 0.6 is 0 Å². The fourth-order valence-corrected chi connectivity index (χ4v) is 3.09. The second kappa shape index (κ2) is 4.75. The van der Waals surface area contributed by atoms with Crippen molar-refractivity contribution >= 4 is 27.6 Å². The second-order valence-corrected chi connectivity index (χ2v) is 7.17. The van der Waals surface area contributed by atoms with Crippen LogP contribution in [0.2, 0.25) is 0 Å². The quantitative estimate of drug-likeness (QED) is 0.507. The van der Waals surface area contributed by atoms with Crippen molar-refractivity contribution in [3.8, 4) is 0 Å². The van der Waals surface area contributed by atoms with E-state index in [0.717, 1.165) is 34.2 Å². The molecule has 4 aromatic rings. The number of imidazole rings is 1. The third-order valence-electron chi connectivity index (χ3n) is 3.99. The molecule has 0 unspecified atom stereocenters. The molecular formula is C19H18FN3. The molecule has 0 aliphatic carbocycles. The van der Waals surface area contributed by atoms with Gasteiger partial charge in [-0.3, -0.25) is 4.40 Å². The average molecular weight is 307 g/mol. The largest absolute Gasteiger partial charge is 0.298 e. The Balaban J connectivity index is 2.21. The molecule has 0 N–H and O–H groups in total. The van der Waals surface area contributed by atoms with Crippen molar-refractivity contribution in [3.05, 3.63) is 54.1 Å². The number of hydrogen-bond donors (Lipinski definition) is 0. The normalized spacial score (nSPS) is 12.5. The molecule has 0 bridgehead atoms. The van der Waals surface area contributed by atoms with Crippen LogP contribution in [0, 0.1) is 11.2 Å². The van der Waals surface area contributed by atoms with Crippen LogP contribution in [-0.4, -0.2) is 14.4 Å². The maximum atomic E-state index is 14.3. The van der Waals surface area contributed by atoms with Gasteiger partial charge >= 0.3 is 0 Å². The van der Waals surface area contributed by atoms with Crippen LogP contribution in [0.4, 0.5) is 4.39 Å². The highest BCUT2D eigenvalue weighted by atomic mass is 19.1. The molecular weight excluding hydrogens is 289 g/mol. The predicted molar refractivity (Wildman–Crippen MR) is 91.1 cm³/mol. The molecule has 1 aromatic carbocycles. The zero-order chi connectivity index (χ0) is 16.2. The van der Waals surface area contributed by atoms with Crippen molar-refractivity contribution in [2.24, 2.45) is 5.41 Å². The molecule has 0 amide bonds. The monoisotopic (exact) mass is 307 g/mol. The number of halogens is 1. The van der Waals surface area contributed by atoms with Crippen molar-refractivity contribution in [2.45, 2.75) is 27.2 Å². The van der Waals surface area contributed by atoms with E-state index in [0.29, 0.717) is 5.52 Å². The van der Waals surface area contributed by atoms with Crippen molar-refractivity contribution in [1.82, 2.24) is 14.4 Å². The van der Waals surface area contributed by atoms with Gasteiger partial charge in [0, 0.05) is 11.6 Å². The van der Waals surface area contributed by atoms with Crippen molar-refractivity contribution in [3.63, 3.8) is 0 Å². The predicted octanol–water partition coefficient (Wildman–Crippen LogP) is 4.76. The van der Waals surface area contributed by atoms with Gasteiger partial charge in [-0.25, -0.2) is 14.4 Å². The van der Waals surface area contributed by atoms with Crippen LogP contribution in [0.15, 0.2) is 42.6 Å². The lowest BCUT2D eigenvalue weighted by molar-refractivity contribution is 0.408. The summed E-state index contributed by atoms with van der Waals surface area (Å²) < 4.78 is 16.3. The van der Waals surface area contributed by atoms with Gasteiger partial charge in [0.1, 0.15) is 22.5 Å². The molecule has 3 heterocycles. The minimum absolute atomic E-state index is 0.0534. The maximum Gasteiger partial charge on any atom is 0.149 e. The standard InChI is InChI=1S/C19H18FN3/c1-19(2,3)11-14-18-17(22-15-9-4-5-10-23(15)18)12-7-6-8-13(20)16(12)21-14/h4-10H,11H2,1-3H3. The van der Waals surface area contributed by atoms with Gasteiger partial charge < -0.3 is 0 Å². The van der Waals surface area contributed by atoms with Crippen LogP contribution in [-0.2, 0) is 6.42 Å². The number of hydrogen-bond acceptors (Lipinski definition) is 2. The number of rotatable bonds is 1. The third kappa shape index (κ3) is 2.25. The van der Waals surface area contributed by atoms with Crippen molar-refractivity contribution in [1.29, 1.82) is 0 Å². The molecule has 4 rings (SSSR count). The summed E-state index contributed by atoms with van der Waals surface area (Å²) in [5.41, 5.74) is 4.01. The molecule has 23 heavy (non-hydrogen) atoms. The van der Waals surface area contributed by atoms with E-state index in [1.54, 1.807) is 6.07 Å². The van der Waals surface area contributed by atoms with Gasteiger partial charge in [0.25, 0.3) is 0 Å². The van der Waals surface area contributed by atoms with E-state index in [1.165, 1.54) is 6.07 Å². The fourth-order valence-electron chi connectivity index (χ4n) is 3.09. The summed E-state index contributed by atoms with van der Waals surface area (Å²) in [6.45, 7) is 6.49. The first-order valence-electron chi connectivity index (χ1n) is 7.78. The molecule has 0 radical (unpaired) electrons. The summed E-state index contributed by atoms with van der Waals surface area (Å²) in [6, 6.07) is 11.0. The van der Waals surface area contributed by atoms with Crippen LogP contribution in [0.25, 0.3) is 27.6 Å². The lowest BCUT2D eigenvalue weighted by Gasteiger charge is -2.18. The second-order valence-electron chi connectivity index (χ2n) is 7.17. The van der Waals surface area contributed by atoms with Gasteiger partial charge in [-0.15, -0.1) is 0 Å². The Kier molecular flexibility index (Phi) is 2.92. The van der Waals surface area contributed by atoms with E-state index < -0.39 is 0 Å². The van der Waals surface area contributed by atoms with Gasteiger partial charge in [0.05, 0.1) is 11.2 Å². The van der Waals surface area contributed by atoms with E-state index >= 15 is 0 Å². The van der Waals surface area contributed by atoms with E-state index in [1.807, 2.05) is 34.9 Å². The molecule has 0 fully saturated rings. The molecule has 3 nitrogen and oxygen atoms in total. The molecule has 0 aliphatic rings. The molecule has 0 saturated carbocycles. The first-order valence-corrected chi connectivity index (χ1v) is 7.78. The summed E-state index contributed by atoms with van der Waals surface area (Å²) in [5, 5.41) is 0.765. The Morgan fingerprint density at radius 2 is 1.83 bits per heavy atom. The Bertz CT molecular complexity index is 1040. The topological polar surface area (TPSA) is 30.2 Å². The molecule has 3 aromatic heterocycles. The molecule has 0 saturated heterocycles. The minimum atomic E-state index is -0.295. The first kappa shape index (κ1) is 14.1. The van der Waals surface area contributed by atoms with Crippen molar-refractivity contribution < 1.29 is 4.39 Å². The summed E-state index contributed by atoms with van der Waals surface area (Å²) >= 11 is 0. The summed E-state index contributed by atoms with van der Waals surface area (Å²) in [5.74, 6) is -0.295. The first-order chi connectivity index (χ1) is 10.9. The van der Waals surface area contributed by atoms with Gasteiger partial charge in [0.15, 0.2) is 0 Å². The molecule has 4 heteroatoms. The van der Waals surface area contributed by atoms with Gasteiger partial charge in [-0.05, 0) is 30.0 Å². The zero-order valence-corrected chi connectivity index (χ0v) is 13.5. The Morgan fingerprint density at radius 3 is 2.61 bits per heavy atom. The maximum absolute atomic E-state index is 14.3. The number of nitrogens with zero attached hydrogens (tertiary/aromatic N) is 3. The zero-order valence-electron chi connectivity index (χ0n) is 13.5. The number of para-hydroxylation sites is 1. The molecule has 0 spiro atoms.